The van der Waals surface area contributed by atoms with Crippen LogP contribution in [0.5, 0.6) is 0 Å². The maximum atomic E-state index is 4.42. The number of halogens is 1. The van der Waals surface area contributed by atoms with Gasteiger partial charge in [-0.2, -0.15) is 0 Å². The number of hydrogen-bond donors (Lipinski definition) is 1. The third kappa shape index (κ3) is 4.43. The van der Waals surface area contributed by atoms with Gasteiger partial charge in [0.05, 0.1) is 0 Å². The number of hydrogen-bond acceptors (Lipinski definition) is 2. The van der Waals surface area contributed by atoms with E-state index in [0.29, 0.717) is 6.04 Å². The van der Waals surface area contributed by atoms with Crippen molar-refractivity contribution in [3.05, 3.63) is 63.9 Å². The van der Waals surface area contributed by atoms with E-state index >= 15 is 0 Å². The van der Waals surface area contributed by atoms with E-state index in [-0.39, 0.29) is 0 Å². The van der Waals surface area contributed by atoms with Crippen LogP contribution in [0.4, 0.5) is 0 Å². The van der Waals surface area contributed by atoms with Crippen molar-refractivity contribution >= 4 is 15.9 Å². The molecule has 0 saturated carbocycles. The number of pyridine rings is 1. The molecule has 1 aromatic heterocycles. The molecule has 20 heavy (non-hydrogen) atoms. The zero-order chi connectivity index (χ0) is 14.4. The quantitative estimate of drug-likeness (QED) is 0.846. The van der Waals surface area contributed by atoms with Gasteiger partial charge in [0.2, 0.25) is 0 Å². The van der Waals surface area contributed by atoms with Gasteiger partial charge in [0.25, 0.3) is 0 Å². The van der Waals surface area contributed by atoms with Crippen molar-refractivity contribution < 1.29 is 0 Å². The lowest BCUT2D eigenvalue weighted by Gasteiger charge is -2.19. The molecule has 0 aliphatic heterocycles. The monoisotopic (exact) mass is 332 g/mol. The first kappa shape index (κ1) is 15.2. The lowest BCUT2D eigenvalue weighted by atomic mass is 10.00. The maximum absolute atomic E-state index is 4.42. The first-order valence-electron chi connectivity index (χ1n) is 7.09. The molecule has 1 N–H and O–H groups in total. The summed E-state index contributed by atoms with van der Waals surface area (Å²) >= 11 is 3.48. The molecule has 0 aliphatic carbocycles. The Balaban J connectivity index is 2.14. The molecule has 0 fully saturated rings. The molecule has 0 bridgehead atoms. The Hall–Kier alpha value is -1.19. The molecule has 1 aromatic carbocycles. The minimum atomic E-state index is 0.323. The summed E-state index contributed by atoms with van der Waals surface area (Å²) in [6, 6.07) is 13.1. The SMILES string of the molecule is CCCNC(Cc1ccc(Br)cc1)c1ccc(C)nc1. The molecule has 1 unspecified atom stereocenters. The number of nitrogens with zero attached hydrogens (tertiary/aromatic N) is 1. The molecule has 1 atom stereocenters. The highest BCUT2D eigenvalue weighted by Gasteiger charge is 2.11. The number of nitrogens with one attached hydrogen (secondary N) is 1. The molecule has 0 saturated heterocycles. The summed E-state index contributed by atoms with van der Waals surface area (Å²) < 4.78 is 1.12. The Morgan fingerprint density at radius 2 is 1.90 bits per heavy atom. The topological polar surface area (TPSA) is 24.9 Å². The minimum Gasteiger partial charge on any atom is -0.310 e. The molecule has 3 heteroatoms. The fourth-order valence-corrected chi connectivity index (χ4v) is 2.43. The highest BCUT2D eigenvalue weighted by molar-refractivity contribution is 9.10. The average molecular weight is 333 g/mol. The molecule has 2 rings (SSSR count). The Labute approximate surface area is 129 Å². The van der Waals surface area contributed by atoms with Crippen LogP contribution in [0.3, 0.4) is 0 Å². The zero-order valence-electron chi connectivity index (χ0n) is 12.1. The van der Waals surface area contributed by atoms with E-state index in [4.69, 9.17) is 0 Å². The van der Waals surface area contributed by atoms with Gasteiger partial charge in [0.15, 0.2) is 0 Å². The van der Waals surface area contributed by atoms with E-state index in [1.54, 1.807) is 0 Å². The van der Waals surface area contributed by atoms with Gasteiger partial charge < -0.3 is 5.32 Å². The third-order valence-corrected chi connectivity index (χ3v) is 3.86. The summed E-state index contributed by atoms with van der Waals surface area (Å²) in [6.45, 7) is 5.24. The highest BCUT2D eigenvalue weighted by atomic mass is 79.9. The van der Waals surface area contributed by atoms with Crippen molar-refractivity contribution in [2.75, 3.05) is 6.54 Å². The minimum absolute atomic E-state index is 0.323. The van der Waals surface area contributed by atoms with E-state index in [2.05, 4.69) is 69.6 Å². The summed E-state index contributed by atoms with van der Waals surface area (Å²) in [5.41, 5.74) is 3.65. The predicted molar refractivity (Wildman–Crippen MR) is 87.9 cm³/mol. The van der Waals surface area contributed by atoms with Crippen molar-refractivity contribution in [1.82, 2.24) is 10.3 Å². The molecule has 0 aliphatic rings. The Bertz CT molecular complexity index is 520. The highest BCUT2D eigenvalue weighted by Crippen LogP contribution is 2.20. The number of aryl methyl sites for hydroxylation is 1. The normalized spacial score (nSPS) is 12.3. The largest absolute Gasteiger partial charge is 0.310 e. The van der Waals surface area contributed by atoms with E-state index < -0.39 is 0 Å². The van der Waals surface area contributed by atoms with Crippen LogP contribution >= 0.6 is 15.9 Å². The van der Waals surface area contributed by atoms with Gasteiger partial charge in [0, 0.05) is 22.4 Å². The summed E-state index contributed by atoms with van der Waals surface area (Å²) in [6.07, 6.45) is 4.11. The van der Waals surface area contributed by atoms with Crippen molar-refractivity contribution in [3.63, 3.8) is 0 Å². The molecule has 2 nitrogen and oxygen atoms in total. The molecular weight excluding hydrogens is 312 g/mol. The lowest BCUT2D eigenvalue weighted by Crippen LogP contribution is -2.24. The van der Waals surface area contributed by atoms with Crippen LogP contribution in [0.1, 0.15) is 36.2 Å². The van der Waals surface area contributed by atoms with Gasteiger partial charge >= 0.3 is 0 Å². The van der Waals surface area contributed by atoms with Gasteiger partial charge in [-0.25, -0.2) is 0 Å². The van der Waals surface area contributed by atoms with Gasteiger partial charge in [-0.3, -0.25) is 4.98 Å². The van der Waals surface area contributed by atoms with Gasteiger partial charge in [-0.15, -0.1) is 0 Å². The van der Waals surface area contributed by atoms with Gasteiger partial charge in [-0.1, -0.05) is 41.1 Å². The van der Waals surface area contributed by atoms with Crippen molar-refractivity contribution in [2.24, 2.45) is 0 Å². The number of rotatable bonds is 6. The Morgan fingerprint density at radius 3 is 2.50 bits per heavy atom. The number of aromatic nitrogens is 1. The van der Waals surface area contributed by atoms with Gasteiger partial charge in [0.1, 0.15) is 0 Å². The summed E-state index contributed by atoms with van der Waals surface area (Å²) in [5.74, 6) is 0. The van der Waals surface area contributed by atoms with Crippen molar-refractivity contribution in [2.45, 2.75) is 32.7 Å². The van der Waals surface area contributed by atoms with E-state index in [0.717, 1.165) is 29.6 Å². The second kappa shape index (κ2) is 7.55. The van der Waals surface area contributed by atoms with Crippen LogP contribution in [-0.4, -0.2) is 11.5 Å². The summed E-state index contributed by atoms with van der Waals surface area (Å²) in [5, 5.41) is 3.62. The standard InChI is InChI=1S/C17H21BrN2/c1-3-10-19-17(15-7-4-13(2)20-12-15)11-14-5-8-16(18)9-6-14/h4-9,12,17,19H,3,10-11H2,1-2H3. The second-order valence-electron chi connectivity index (χ2n) is 5.07. The van der Waals surface area contributed by atoms with Crippen LogP contribution in [0.15, 0.2) is 47.1 Å². The molecule has 0 radical (unpaired) electrons. The predicted octanol–water partition coefficient (Wildman–Crippen LogP) is 4.44. The van der Waals surface area contributed by atoms with Gasteiger partial charge in [-0.05, 0) is 55.6 Å². The Kier molecular flexibility index (Phi) is 5.74. The van der Waals surface area contributed by atoms with Crippen LogP contribution in [0.25, 0.3) is 0 Å². The smallest absolute Gasteiger partial charge is 0.0376 e. The zero-order valence-corrected chi connectivity index (χ0v) is 13.7. The molecular formula is C17H21BrN2. The Morgan fingerprint density at radius 1 is 1.15 bits per heavy atom. The summed E-state index contributed by atoms with van der Waals surface area (Å²) in [4.78, 5) is 4.42. The third-order valence-electron chi connectivity index (χ3n) is 3.33. The first-order valence-corrected chi connectivity index (χ1v) is 7.88. The first-order chi connectivity index (χ1) is 9.69. The molecule has 106 valence electrons. The van der Waals surface area contributed by atoms with Crippen molar-refractivity contribution in [1.29, 1.82) is 0 Å². The van der Waals surface area contributed by atoms with E-state index in [9.17, 15) is 0 Å². The average Bonchev–Trinajstić information content (AvgIpc) is 2.46. The van der Waals surface area contributed by atoms with Crippen molar-refractivity contribution in [3.8, 4) is 0 Å². The molecule has 0 amide bonds. The maximum Gasteiger partial charge on any atom is 0.0376 e. The van der Waals surface area contributed by atoms with Crippen LogP contribution in [-0.2, 0) is 6.42 Å². The molecule has 2 aromatic rings. The fourth-order valence-electron chi connectivity index (χ4n) is 2.17. The molecule has 0 spiro atoms. The summed E-state index contributed by atoms with van der Waals surface area (Å²) in [7, 11) is 0. The van der Waals surface area contributed by atoms with Crippen LogP contribution in [0.2, 0.25) is 0 Å². The second-order valence-corrected chi connectivity index (χ2v) is 5.99. The number of benzene rings is 1. The molecule has 1 heterocycles. The van der Waals surface area contributed by atoms with Crippen LogP contribution in [0, 0.1) is 6.92 Å². The lowest BCUT2D eigenvalue weighted by molar-refractivity contribution is 0.527. The van der Waals surface area contributed by atoms with E-state index in [1.165, 1.54) is 11.1 Å². The fraction of sp³-hybridized carbons (Fsp3) is 0.353. The van der Waals surface area contributed by atoms with E-state index in [1.807, 2.05) is 13.1 Å². The van der Waals surface area contributed by atoms with Crippen LogP contribution < -0.4 is 5.32 Å².